The van der Waals surface area contributed by atoms with Crippen LogP contribution in [0.2, 0.25) is 0 Å². The highest BCUT2D eigenvalue weighted by Crippen LogP contribution is 2.18. The molecule has 2 aliphatic rings. The van der Waals surface area contributed by atoms with Crippen molar-refractivity contribution in [2.45, 2.75) is 32.1 Å². The van der Waals surface area contributed by atoms with Crippen LogP contribution in [0.3, 0.4) is 0 Å². The molecule has 0 saturated carbocycles. The van der Waals surface area contributed by atoms with E-state index in [1.54, 1.807) is 4.90 Å². The molecule has 0 spiro atoms. The number of rotatable bonds is 7. The lowest BCUT2D eigenvalue weighted by molar-refractivity contribution is -0.137. The number of carbonyl (C=O) groups is 2. The third-order valence-electron chi connectivity index (χ3n) is 5.50. The fraction of sp³-hybridized carbons (Fsp3) is 0.619. The number of halogens is 1. The molecule has 2 amide bonds. The Bertz CT molecular complexity index is 608. The maximum atomic E-state index is 12.5. The lowest BCUT2D eigenvalue weighted by atomic mass is 9.95. The van der Waals surface area contributed by atoms with E-state index in [1.807, 2.05) is 30.3 Å². The van der Waals surface area contributed by atoms with Crippen molar-refractivity contribution in [1.29, 1.82) is 0 Å². The summed E-state index contributed by atoms with van der Waals surface area (Å²) < 4.78 is 5.55. The Balaban J connectivity index is 0.00000280. The van der Waals surface area contributed by atoms with E-state index in [0.29, 0.717) is 24.8 Å². The molecule has 2 atom stereocenters. The van der Waals surface area contributed by atoms with Gasteiger partial charge in [0.2, 0.25) is 5.91 Å². The Labute approximate surface area is 173 Å². The van der Waals surface area contributed by atoms with Crippen LogP contribution in [0.15, 0.2) is 30.3 Å². The first-order valence-electron chi connectivity index (χ1n) is 10.2. The molecule has 0 aliphatic carbocycles. The molecule has 2 unspecified atom stereocenters. The highest BCUT2D eigenvalue weighted by Gasteiger charge is 2.28. The number of carbonyl (C=O) groups excluding carboxylic acids is 2. The van der Waals surface area contributed by atoms with Gasteiger partial charge in [-0.1, -0.05) is 18.2 Å². The summed E-state index contributed by atoms with van der Waals surface area (Å²) in [4.78, 5) is 26.7. The summed E-state index contributed by atoms with van der Waals surface area (Å²) in [5.41, 5.74) is 0. The fourth-order valence-corrected chi connectivity index (χ4v) is 3.88. The van der Waals surface area contributed by atoms with Gasteiger partial charge in [0.25, 0.3) is 5.91 Å². The zero-order chi connectivity index (χ0) is 18.9. The van der Waals surface area contributed by atoms with Gasteiger partial charge in [0.15, 0.2) is 6.61 Å². The highest BCUT2D eigenvalue weighted by atomic mass is 35.5. The Morgan fingerprint density at radius 2 is 2.00 bits per heavy atom. The number of hydrogen-bond donors (Lipinski definition) is 2. The van der Waals surface area contributed by atoms with Crippen LogP contribution in [0.1, 0.15) is 32.1 Å². The quantitative estimate of drug-likeness (QED) is 0.724. The summed E-state index contributed by atoms with van der Waals surface area (Å²) >= 11 is 0. The van der Waals surface area contributed by atoms with Crippen molar-refractivity contribution < 1.29 is 14.3 Å². The molecule has 2 aliphatic heterocycles. The monoisotopic (exact) mass is 409 g/mol. The molecule has 2 N–H and O–H groups in total. The molecule has 2 fully saturated rings. The normalized spacial score (nSPS) is 22.1. The molecule has 1 aromatic rings. The minimum absolute atomic E-state index is 0. The maximum absolute atomic E-state index is 12.5. The largest absolute Gasteiger partial charge is 0.484 e. The smallest absolute Gasteiger partial charge is 0.260 e. The molecule has 0 aromatic heterocycles. The molecule has 156 valence electrons. The second-order valence-electron chi connectivity index (χ2n) is 7.57. The maximum Gasteiger partial charge on any atom is 0.260 e. The van der Waals surface area contributed by atoms with Crippen LogP contribution in [0, 0.1) is 11.8 Å². The lowest BCUT2D eigenvalue weighted by Gasteiger charge is -2.32. The van der Waals surface area contributed by atoms with Gasteiger partial charge in [0.1, 0.15) is 5.75 Å². The van der Waals surface area contributed by atoms with Crippen LogP contribution in [0.5, 0.6) is 5.75 Å². The van der Waals surface area contributed by atoms with Crippen LogP contribution in [-0.4, -0.2) is 56.0 Å². The van der Waals surface area contributed by atoms with Gasteiger partial charge in [-0.2, -0.15) is 0 Å². The minimum Gasteiger partial charge on any atom is -0.484 e. The number of benzene rings is 1. The van der Waals surface area contributed by atoms with Crippen LogP contribution < -0.4 is 15.4 Å². The van der Waals surface area contributed by atoms with Crippen molar-refractivity contribution in [3.63, 3.8) is 0 Å². The van der Waals surface area contributed by atoms with E-state index in [9.17, 15) is 9.59 Å². The Hall–Kier alpha value is -1.79. The van der Waals surface area contributed by atoms with Gasteiger partial charge in [-0.15, -0.1) is 12.4 Å². The molecule has 2 heterocycles. The van der Waals surface area contributed by atoms with Crippen molar-refractivity contribution in [2.75, 3.05) is 39.3 Å². The molecule has 3 rings (SSSR count). The lowest BCUT2D eigenvalue weighted by Crippen LogP contribution is -2.47. The predicted molar refractivity (Wildman–Crippen MR) is 112 cm³/mol. The van der Waals surface area contributed by atoms with Crippen LogP contribution in [0.25, 0.3) is 0 Å². The van der Waals surface area contributed by atoms with Gasteiger partial charge in [0.05, 0.1) is 5.92 Å². The topological polar surface area (TPSA) is 70.7 Å². The van der Waals surface area contributed by atoms with Crippen LogP contribution in [-0.2, 0) is 9.59 Å². The number of likely N-dealkylation sites (tertiary alicyclic amines) is 1. The summed E-state index contributed by atoms with van der Waals surface area (Å²) in [6.07, 6.45) is 5.21. The molecule has 7 heteroatoms. The Morgan fingerprint density at radius 1 is 1.18 bits per heavy atom. The van der Waals surface area contributed by atoms with Crippen LogP contribution >= 0.6 is 12.4 Å². The summed E-state index contributed by atoms with van der Waals surface area (Å²) in [5, 5.41) is 6.49. The second-order valence-corrected chi connectivity index (χ2v) is 7.57. The summed E-state index contributed by atoms with van der Waals surface area (Å²) in [6, 6.07) is 9.34. The van der Waals surface area contributed by atoms with E-state index in [4.69, 9.17) is 4.74 Å². The fourth-order valence-electron chi connectivity index (χ4n) is 3.88. The second kappa shape index (κ2) is 11.9. The van der Waals surface area contributed by atoms with E-state index < -0.39 is 0 Å². The van der Waals surface area contributed by atoms with Crippen molar-refractivity contribution in [1.82, 2.24) is 15.5 Å². The molecule has 2 saturated heterocycles. The van der Waals surface area contributed by atoms with Gasteiger partial charge >= 0.3 is 0 Å². The van der Waals surface area contributed by atoms with E-state index >= 15 is 0 Å². The van der Waals surface area contributed by atoms with Gasteiger partial charge < -0.3 is 20.3 Å². The molecule has 6 nitrogen and oxygen atoms in total. The Kier molecular flexibility index (Phi) is 9.58. The number of ether oxygens (including phenoxy) is 1. The Morgan fingerprint density at radius 3 is 2.75 bits per heavy atom. The molecular formula is C21H32ClN3O3. The molecule has 28 heavy (non-hydrogen) atoms. The van der Waals surface area contributed by atoms with E-state index in [1.165, 1.54) is 12.8 Å². The standard InChI is InChI=1S/C21H31N3O3.ClH/c25-20(16-27-19-8-2-1-3-9-19)24-13-5-7-18(15-24)21(26)23-12-10-17-6-4-11-22-14-17;/h1-3,8-9,17-18,22H,4-7,10-16H2,(H,23,26);1H. The average molecular weight is 410 g/mol. The molecular weight excluding hydrogens is 378 g/mol. The summed E-state index contributed by atoms with van der Waals surface area (Å²) in [6.45, 7) is 4.12. The summed E-state index contributed by atoms with van der Waals surface area (Å²) in [5.74, 6) is 1.28. The van der Waals surface area contributed by atoms with Crippen molar-refractivity contribution in [3.8, 4) is 5.75 Å². The van der Waals surface area contributed by atoms with Crippen molar-refractivity contribution in [2.24, 2.45) is 11.8 Å². The molecule has 0 bridgehead atoms. The molecule has 1 aromatic carbocycles. The number of hydrogen-bond acceptors (Lipinski definition) is 4. The number of amides is 2. The number of para-hydroxylation sites is 1. The van der Waals surface area contributed by atoms with Crippen molar-refractivity contribution >= 4 is 24.2 Å². The number of piperidine rings is 2. The van der Waals surface area contributed by atoms with Crippen LogP contribution in [0.4, 0.5) is 0 Å². The minimum atomic E-state index is -0.107. The summed E-state index contributed by atoms with van der Waals surface area (Å²) in [7, 11) is 0. The number of nitrogens with one attached hydrogen (secondary N) is 2. The molecule has 0 radical (unpaired) electrons. The first kappa shape index (κ1) is 22.5. The van der Waals surface area contributed by atoms with Gasteiger partial charge in [-0.25, -0.2) is 0 Å². The third-order valence-corrected chi connectivity index (χ3v) is 5.50. The first-order valence-corrected chi connectivity index (χ1v) is 10.2. The van der Waals surface area contributed by atoms with Gasteiger partial charge in [-0.05, 0) is 63.2 Å². The van der Waals surface area contributed by atoms with Gasteiger partial charge in [0, 0.05) is 19.6 Å². The van der Waals surface area contributed by atoms with E-state index in [-0.39, 0.29) is 36.7 Å². The third kappa shape index (κ3) is 6.99. The first-order chi connectivity index (χ1) is 13.2. The highest BCUT2D eigenvalue weighted by molar-refractivity contribution is 5.85. The zero-order valence-corrected chi connectivity index (χ0v) is 17.2. The van der Waals surface area contributed by atoms with E-state index in [0.717, 1.165) is 38.9 Å². The van der Waals surface area contributed by atoms with E-state index in [2.05, 4.69) is 10.6 Å². The SMILES string of the molecule is Cl.O=C(NCCC1CCCNC1)C1CCCN(C(=O)COc2ccccc2)C1. The zero-order valence-electron chi connectivity index (χ0n) is 16.4. The predicted octanol–water partition coefficient (Wildman–Crippen LogP) is 2.23. The van der Waals surface area contributed by atoms with Crippen molar-refractivity contribution in [3.05, 3.63) is 30.3 Å². The van der Waals surface area contributed by atoms with Gasteiger partial charge in [-0.3, -0.25) is 9.59 Å². The number of nitrogens with zero attached hydrogens (tertiary/aromatic N) is 1. The average Bonchev–Trinajstić information content (AvgIpc) is 2.73.